The van der Waals surface area contributed by atoms with Crippen molar-refractivity contribution >= 4 is 35.8 Å². The molecule has 0 saturated heterocycles. The molecule has 0 atom stereocenters. The van der Waals surface area contributed by atoms with Crippen molar-refractivity contribution in [2.24, 2.45) is 4.99 Å². The molecule has 1 aromatic carbocycles. The first-order valence-electron chi connectivity index (χ1n) is 8.86. The quantitative estimate of drug-likeness (QED) is 0.392. The second kappa shape index (κ2) is 11.3. The number of halogens is 1. The summed E-state index contributed by atoms with van der Waals surface area (Å²) in [4.78, 5) is 18.4. The minimum Gasteiger partial charge on any atom is -0.356 e. The SMILES string of the molecule is CN=C(NCCC(=O)NC1CCCC1)N(C)Cc1ccccc1C.I. The lowest BCUT2D eigenvalue weighted by molar-refractivity contribution is -0.121. The lowest BCUT2D eigenvalue weighted by Gasteiger charge is -2.23. The van der Waals surface area contributed by atoms with Gasteiger partial charge in [-0.2, -0.15) is 0 Å². The van der Waals surface area contributed by atoms with Gasteiger partial charge in [0.05, 0.1) is 0 Å². The number of hydrogen-bond donors (Lipinski definition) is 2. The van der Waals surface area contributed by atoms with Gasteiger partial charge in [-0.05, 0) is 30.9 Å². The van der Waals surface area contributed by atoms with Gasteiger partial charge in [-0.1, -0.05) is 37.1 Å². The zero-order valence-electron chi connectivity index (χ0n) is 15.5. The van der Waals surface area contributed by atoms with Gasteiger partial charge in [-0.25, -0.2) is 0 Å². The van der Waals surface area contributed by atoms with Gasteiger partial charge in [0.25, 0.3) is 0 Å². The van der Waals surface area contributed by atoms with Crippen molar-refractivity contribution in [3.05, 3.63) is 35.4 Å². The van der Waals surface area contributed by atoms with Crippen LogP contribution in [0, 0.1) is 6.92 Å². The summed E-state index contributed by atoms with van der Waals surface area (Å²) in [7, 11) is 3.79. The Morgan fingerprint density at radius 2 is 1.96 bits per heavy atom. The maximum Gasteiger partial charge on any atom is 0.221 e. The van der Waals surface area contributed by atoms with Crippen molar-refractivity contribution in [1.82, 2.24) is 15.5 Å². The number of carbonyl (C=O) groups is 1. The van der Waals surface area contributed by atoms with Gasteiger partial charge in [-0.3, -0.25) is 9.79 Å². The van der Waals surface area contributed by atoms with Gasteiger partial charge in [0, 0.05) is 39.6 Å². The molecule has 0 radical (unpaired) electrons. The van der Waals surface area contributed by atoms with E-state index in [0.717, 1.165) is 25.3 Å². The van der Waals surface area contributed by atoms with Crippen LogP contribution in [-0.4, -0.2) is 43.4 Å². The Kier molecular flexibility index (Phi) is 9.85. The highest BCUT2D eigenvalue weighted by molar-refractivity contribution is 14.0. The summed E-state index contributed by atoms with van der Waals surface area (Å²) in [5, 5.41) is 6.39. The van der Waals surface area contributed by atoms with E-state index in [1.807, 2.05) is 7.05 Å². The van der Waals surface area contributed by atoms with Gasteiger partial charge < -0.3 is 15.5 Å². The number of aliphatic imine (C=N–C) groups is 1. The lowest BCUT2D eigenvalue weighted by Crippen LogP contribution is -2.41. The minimum absolute atomic E-state index is 0. The summed E-state index contributed by atoms with van der Waals surface area (Å²) >= 11 is 0. The molecule has 1 saturated carbocycles. The predicted molar refractivity (Wildman–Crippen MR) is 114 cm³/mol. The predicted octanol–water partition coefficient (Wildman–Crippen LogP) is 3.07. The Bertz CT molecular complexity index is 570. The van der Waals surface area contributed by atoms with Crippen LogP contribution in [-0.2, 0) is 11.3 Å². The fraction of sp³-hybridized carbons (Fsp3) is 0.579. The van der Waals surface area contributed by atoms with Gasteiger partial charge in [0.1, 0.15) is 0 Å². The molecule has 0 aromatic heterocycles. The molecule has 2 rings (SSSR count). The van der Waals surface area contributed by atoms with Crippen LogP contribution in [0.4, 0.5) is 0 Å². The molecule has 1 aliphatic carbocycles. The molecule has 1 aliphatic rings. The van der Waals surface area contributed by atoms with Gasteiger partial charge in [0.15, 0.2) is 5.96 Å². The van der Waals surface area contributed by atoms with Gasteiger partial charge in [-0.15, -0.1) is 24.0 Å². The normalized spacial score (nSPS) is 14.8. The van der Waals surface area contributed by atoms with Crippen LogP contribution in [0.1, 0.15) is 43.2 Å². The average Bonchev–Trinajstić information content (AvgIpc) is 3.06. The summed E-state index contributed by atoms with van der Waals surface area (Å²) in [5.41, 5.74) is 2.55. The number of hydrogen-bond acceptors (Lipinski definition) is 2. The van der Waals surface area contributed by atoms with E-state index in [1.165, 1.54) is 24.0 Å². The number of aryl methyl sites for hydroxylation is 1. The molecule has 1 fully saturated rings. The second-order valence-electron chi connectivity index (χ2n) is 6.56. The molecular formula is C19H31IN4O. The lowest BCUT2D eigenvalue weighted by atomic mass is 10.1. The van der Waals surface area contributed by atoms with E-state index in [2.05, 4.69) is 51.7 Å². The Hall–Kier alpha value is -1.31. The van der Waals surface area contributed by atoms with E-state index in [-0.39, 0.29) is 29.9 Å². The number of amides is 1. The third kappa shape index (κ3) is 7.22. The van der Waals surface area contributed by atoms with Crippen molar-refractivity contribution < 1.29 is 4.79 Å². The first kappa shape index (κ1) is 21.7. The molecule has 5 nitrogen and oxygen atoms in total. The van der Waals surface area contributed by atoms with Crippen molar-refractivity contribution in [2.75, 3.05) is 20.6 Å². The van der Waals surface area contributed by atoms with E-state index in [0.29, 0.717) is 19.0 Å². The van der Waals surface area contributed by atoms with Crippen LogP contribution in [0.5, 0.6) is 0 Å². The maximum absolute atomic E-state index is 12.0. The number of rotatable bonds is 6. The van der Waals surface area contributed by atoms with E-state index < -0.39 is 0 Å². The Labute approximate surface area is 168 Å². The van der Waals surface area contributed by atoms with E-state index in [1.54, 1.807) is 7.05 Å². The van der Waals surface area contributed by atoms with Crippen molar-refractivity contribution in [3.63, 3.8) is 0 Å². The summed E-state index contributed by atoms with van der Waals surface area (Å²) in [6.07, 6.45) is 5.20. The second-order valence-corrected chi connectivity index (χ2v) is 6.56. The maximum atomic E-state index is 12.0. The largest absolute Gasteiger partial charge is 0.356 e. The molecule has 1 aromatic rings. The van der Waals surface area contributed by atoms with Crippen LogP contribution in [0.15, 0.2) is 29.3 Å². The summed E-state index contributed by atoms with van der Waals surface area (Å²) < 4.78 is 0. The first-order chi connectivity index (χ1) is 11.6. The average molecular weight is 458 g/mol. The molecule has 6 heteroatoms. The molecule has 1 amide bonds. The zero-order chi connectivity index (χ0) is 17.4. The van der Waals surface area contributed by atoms with Crippen LogP contribution >= 0.6 is 24.0 Å². The van der Waals surface area contributed by atoms with Gasteiger partial charge >= 0.3 is 0 Å². The fourth-order valence-corrected chi connectivity index (χ4v) is 3.16. The number of carbonyl (C=O) groups excluding carboxylic acids is 1. The molecule has 0 spiro atoms. The molecular weight excluding hydrogens is 427 g/mol. The number of guanidine groups is 1. The van der Waals surface area contributed by atoms with Crippen molar-refractivity contribution in [3.8, 4) is 0 Å². The highest BCUT2D eigenvalue weighted by atomic mass is 127. The molecule has 2 N–H and O–H groups in total. The molecule has 0 bridgehead atoms. The Balaban J connectivity index is 0.00000312. The zero-order valence-corrected chi connectivity index (χ0v) is 17.9. The van der Waals surface area contributed by atoms with Crippen molar-refractivity contribution in [2.45, 2.75) is 51.6 Å². The molecule has 0 heterocycles. The first-order valence-corrected chi connectivity index (χ1v) is 8.86. The fourth-order valence-electron chi connectivity index (χ4n) is 3.16. The Morgan fingerprint density at radius 3 is 2.60 bits per heavy atom. The van der Waals surface area contributed by atoms with Crippen LogP contribution < -0.4 is 10.6 Å². The standard InChI is InChI=1S/C19H30N4O.HI/c1-15-8-4-5-9-16(15)14-23(3)19(20-2)21-13-12-18(24)22-17-10-6-7-11-17;/h4-5,8-9,17H,6-7,10-14H2,1-3H3,(H,20,21)(H,22,24);1H. The molecule has 0 unspecified atom stereocenters. The van der Waals surface area contributed by atoms with Crippen LogP contribution in [0.25, 0.3) is 0 Å². The Morgan fingerprint density at radius 1 is 1.28 bits per heavy atom. The summed E-state index contributed by atoms with van der Waals surface area (Å²) in [6, 6.07) is 8.75. The molecule has 25 heavy (non-hydrogen) atoms. The summed E-state index contributed by atoms with van der Waals surface area (Å²) in [5.74, 6) is 0.943. The van der Waals surface area contributed by atoms with Gasteiger partial charge in [0.2, 0.25) is 5.91 Å². The highest BCUT2D eigenvalue weighted by Gasteiger charge is 2.17. The minimum atomic E-state index is 0. The number of nitrogens with one attached hydrogen (secondary N) is 2. The topological polar surface area (TPSA) is 56.7 Å². The van der Waals surface area contributed by atoms with E-state index in [9.17, 15) is 4.79 Å². The van der Waals surface area contributed by atoms with Crippen molar-refractivity contribution in [1.29, 1.82) is 0 Å². The smallest absolute Gasteiger partial charge is 0.221 e. The summed E-state index contributed by atoms with van der Waals surface area (Å²) in [6.45, 7) is 3.51. The van der Waals surface area contributed by atoms with E-state index >= 15 is 0 Å². The van der Waals surface area contributed by atoms with Crippen LogP contribution in [0.3, 0.4) is 0 Å². The van der Waals surface area contributed by atoms with Crippen LogP contribution in [0.2, 0.25) is 0 Å². The number of nitrogens with zero attached hydrogens (tertiary/aromatic N) is 2. The van der Waals surface area contributed by atoms with E-state index in [4.69, 9.17) is 0 Å². The molecule has 140 valence electrons. The third-order valence-electron chi connectivity index (χ3n) is 4.60. The number of benzene rings is 1. The highest BCUT2D eigenvalue weighted by Crippen LogP contribution is 2.17. The molecule has 0 aliphatic heterocycles. The monoisotopic (exact) mass is 458 g/mol. The third-order valence-corrected chi connectivity index (χ3v) is 4.60.